The zero-order valence-electron chi connectivity index (χ0n) is 11.9. The number of nitrogen functional groups attached to an aromatic ring is 1. The molecule has 1 aromatic rings. The van der Waals surface area contributed by atoms with Crippen molar-refractivity contribution in [2.45, 2.75) is 51.6 Å². The first kappa shape index (κ1) is 14.2. The molecular weight excluding hydrogens is 242 g/mol. The van der Waals surface area contributed by atoms with E-state index in [1.807, 2.05) is 18.2 Å². The summed E-state index contributed by atoms with van der Waals surface area (Å²) in [6.07, 6.45) is 2.69. The quantitative estimate of drug-likeness (QED) is 0.850. The van der Waals surface area contributed by atoms with Gasteiger partial charge in [-0.2, -0.15) is 0 Å². The highest BCUT2D eigenvalue weighted by Gasteiger charge is 2.24. The number of hydrogen-bond acceptors (Lipinski definition) is 4. The summed E-state index contributed by atoms with van der Waals surface area (Å²) in [4.78, 5) is 0. The molecule has 19 heavy (non-hydrogen) atoms. The standard InChI is InChI=1S/C15H23NO3/c1-10-4-15(5-11(2)19-10)18-9-12-6-13(16)8-14(7-12)17-3/h6-8,10-11,15H,4-5,9,16H2,1-3H3. The molecule has 2 rings (SSSR count). The molecule has 4 heteroatoms. The van der Waals surface area contributed by atoms with Gasteiger partial charge in [0.2, 0.25) is 0 Å². The minimum absolute atomic E-state index is 0.256. The lowest BCUT2D eigenvalue weighted by Crippen LogP contribution is -2.33. The van der Waals surface area contributed by atoms with Gasteiger partial charge in [-0.05, 0) is 44.4 Å². The molecule has 2 unspecified atom stereocenters. The van der Waals surface area contributed by atoms with Crippen molar-refractivity contribution in [3.05, 3.63) is 23.8 Å². The average Bonchev–Trinajstić information content (AvgIpc) is 2.34. The van der Waals surface area contributed by atoms with Crippen LogP contribution < -0.4 is 10.5 Å². The molecule has 0 aromatic heterocycles. The summed E-state index contributed by atoms with van der Waals surface area (Å²) >= 11 is 0. The third kappa shape index (κ3) is 4.11. The Morgan fingerprint density at radius 3 is 2.53 bits per heavy atom. The topological polar surface area (TPSA) is 53.7 Å². The van der Waals surface area contributed by atoms with Gasteiger partial charge in [0.1, 0.15) is 5.75 Å². The van der Waals surface area contributed by atoms with Crippen LogP contribution in [0, 0.1) is 0 Å². The molecule has 1 aromatic carbocycles. The Morgan fingerprint density at radius 1 is 1.21 bits per heavy atom. The molecule has 0 spiro atoms. The molecule has 1 aliphatic rings. The number of nitrogens with two attached hydrogens (primary N) is 1. The van der Waals surface area contributed by atoms with Crippen LogP contribution in [0.25, 0.3) is 0 Å². The molecule has 0 saturated carbocycles. The Labute approximate surface area is 114 Å². The molecule has 2 N–H and O–H groups in total. The Morgan fingerprint density at radius 2 is 1.89 bits per heavy atom. The largest absolute Gasteiger partial charge is 0.497 e. The Bertz CT molecular complexity index is 412. The Balaban J connectivity index is 1.93. The number of hydrogen-bond donors (Lipinski definition) is 1. The van der Waals surface area contributed by atoms with Gasteiger partial charge in [-0.3, -0.25) is 0 Å². The lowest BCUT2D eigenvalue weighted by atomic mass is 10.0. The molecule has 1 aliphatic heterocycles. The van der Waals surface area contributed by atoms with Crippen LogP contribution in [-0.4, -0.2) is 25.4 Å². The third-order valence-electron chi connectivity index (χ3n) is 3.36. The first-order chi connectivity index (χ1) is 9.06. The van der Waals surface area contributed by atoms with Gasteiger partial charge in [-0.25, -0.2) is 0 Å². The van der Waals surface area contributed by atoms with Crippen molar-refractivity contribution in [2.24, 2.45) is 0 Å². The van der Waals surface area contributed by atoms with Crippen LogP contribution >= 0.6 is 0 Å². The van der Waals surface area contributed by atoms with Crippen molar-refractivity contribution in [1.29, 1.82) is 0 Å². The van der Waals surface area contributed by atoms with Gasteiger partial charge in [0.25, 0.3) is 0 Å². The molecular formula is C15H23NO3. The molecule has 2 atom stereocenters. The number of anilines is 1. The summed E-state index contributed by atoms with van der Waals surface area (Å²) in [5.41, 5.74) is 7.58. The second kappa shape index (κ2) is 6.26. The van der Waals surface area contributed by atoms with Crippen LogP contribution in [0.15, 0.2) is 18.2 Å². The van der Waals surface area contributed by atoms with E-state index in [1.54, 1.807) is 7.11 Å². The van der Waals surface area contributed by atoms with Crippen LogP contribution in [0.1, 0.15) is 32.3 Å². The van der Waals surface area contributed by atoms with Gasteiger partial charge in [0, 0.05) is 11.8 Å². The lowest BCUT2D eigenvalue weighted by Gasteiger charge is -2.32. The van der Waals surface area contributed by atoms with Gasteiger partial charge in [-0.15, -0.1) is 0 Å². The van der Waals surface area contributed by atoms with E-state index in [1.165, 1.54) is 0 Å². The summed E-state index contributed by atoms with van der Waals surface area (Å²) in [7, 11) is 1.64. The first-order valence-corrected chi connectivity index (χ1v) is 6.77. The molecule has 0 amide bonds. The molecule has 1 fully saturated rings. The van der Waals surface area contributed by atoms with Gasteiger partial charge >= 0.3 is 0 Å². The Kier molecular flexibility index (Phi) is 4.66. The highest BCUT2D eigenvalue weighted by Crippen LogP contribution is 2.24. The van der Waals surface area contributed by atoms with E-state index in [0.717, 1.165) is 24.2 Å². The van der Waals surface area contributed by atoms with Crippen molar-refractivity contribution in [3.63, 3.8) is 0 Å². The summed E-state index contributed by atoms with van der Waals surface area (Å²) in [6, 6.07) is 5.69. The molecule has 0 bridgehead atoms. The maximum absolute atomic E-state index is 5.97. The van der Waals surface area contributed by atoms with Crippen molar-refractivity contribution >= 4 is 5.69 Å². The smallest absolute Gasteiger partial charge is 0.121 e. The van der Waals surface area contributed by atoms with Gasteiger partial charge < -0.3 is 19.9 Å². The van der Waals surface area contributed by atoms with E-state index < -0.39 is 0 Å². The number of benzene rings is 1. The first-order valence-electron chi connectivity index (χ1n) is 6.77. The monoisotopic (exact) mass is 265 g/mol. The van der Waals surface area contributed by atoms with Crippen LogP contribution in [0.3, 0.4) is 0 Å². The minimum atomic E-state index is 0.256. The predicted molar refractivity (Wildman–Crippen MR) is 75.2 cm³/mol. The second-order valence-corrected chi connectivity index (χ2v) is 5.28. The van der Waals surface area contributed by atoms with Gasteiger partial charge in [0.05, 0.1) is 32.0 Å². The molecule has 4 nitrogen and oxygen atoms in total. The number of ether oxygens (including phenoxy) is 3. The summed E-state index contributed by atoms with van der Waals surface area (Å²) in [5, 5.41) is 0. The van der Waals surface area contributed by atoms with Crippen molar-refractivity contribution in [3.8, 4) is 5.75 Å². The SMILES string of the molecule is COc1cc(N)cc(COC2CC(C)OC(C)C2)c1. The summed E-state index contributed by atoms with van der Waals surface area (Å²) in [6.45, 7) is 4.75. The molecule has 0 radical (unpaired) electrons. The van der Waals surface area contributed by atoms with Crippen LogP contribution in [0.5, 0.6) is 5.75 Å². The zero-order valence-corrected chi connectivity index (χ0v) is 11.9. The predicted octanol–water partition coefficient (Wildman–Crippen LogP) is 2.75. The fraction of sp³-hybridized carbons (Fsp3) is 0.600. The van der Waals surface area contributed by atoms with Crippen molar-refractivity contribution in [1.82, 2.24) is 0 Å². The van der Waals surface area contributed by atoms with E-state index in [0.29, 0.717) is 12.3 Å². The maximum atomic E-state index is 5.97. The molecule has 1 heterocycles. The normalized spacial score (nSPS) is 27.2. The maximum Gasteiger partial charge on any atom is 0.121 e. The third-order valence-corrected chi connectivity index (χ3v) is 3.36. The van der Waals surface area contributed by atoms with Gasteiger partial charge in [-0.1, -0.05) is 0 Å². The average molecular weight is 265 g/mol. The van der Waals surface area contributed by atoms with E-state index in [2.05, 4.69) is 13.8 Å². The van der Waals surface area contributed by atoms with Crippen molar-refractivity contribution in [2.75, 3.05) is 12.8 Å². The molecule has 106 valence electrons. The van der Waals surface area contributed by atoms with Crippen molar-refractivity contribution < 1.29 is 14.2 Å². The van der Waals surface area contributed by atoms with Crippen LogP contribution in [-0.2, 0) is 16.1 Å². The highest BCUT2D eigenvalue weighted by atomic mass is 16.5. The zero-order chi connectivity index (χ0) is 13.8. The molecule has 0 aliphatic carbocycles. The number of rotatable bonds is 4. The summed E-state index contributed by atoms with van der Waals surface area (Å²) < 4.78 is 16.9. The minimum Gasteiger partial charge on any atom is -0.497 e. The fourth-order valence-electron chi connectivity index (χ4n) is 2.58. The fourth-order valence-corrected chi connectivity index (χ4v) is 2.58. The highest BCUT2D eigenvalue weighted by molar-refractivity contribution is 5.47. The number of methoxy groups -OCH3 is 1. The van der Waals surface area contributed by atoms with E-state index in [4.69, 9.17) is 19.9 Å². The van der Waals surface area contributed by atoms with Crippen LogP contribution in [0.4, 0.5) is 5.69 Å². The van der Waals surface area contributed by atoms with Crippen LogP contribution in [0.2, 0.25) is 0 Å². The van der Waals surface area contributed by atoms with E-state index >= 15 is 0 Å². The molecule has 1 saturated heterocycles. The van der Waals surface area contributed by atoms with E-state index in [-0.39, 0.29) is 18.3 Å². The Hall–Kier alpha value is -1.26. The van der Waals surface area contributed by atoms with Gasteiger partial charge in [0.15, 0.2) is 0 Å². The van der Waals surface area contributed by atoms with E-state index in [9.17, 15) is 0 Å². The summed E-state index contributed by atoms with van der Waals surface area (Å²) in [5.74, 6) is 0.771. The second-order valence-electron chi connectivity index (χ2n) is 5.28. The lowest BCUT2D eigenvalue weighted by molar-refractivity contribution is -0.106.